The summed E-state index contributed by atoms with van der Waals surface area (Å²) in [4.78, 5) is 10.2. The number of hydrogen-bond acceptors (Lipinski definition) is 2. The molecule has 0 radical (unpaired) electrons. The van der Waals surface area contributed by atoms with Crippen LogP contribution >= 0.6 is 7.26 Å². The van der Waals surface area contributed by atoms with Gasteiger partial charge in [-0.3, -0.25) is 4.79 Å². The van der Waals surface area contributed by atoms with Gasteiger partial charge in [-0.25, -0.2) is 0 Å². The van der Waals surface area contributed by atoms with E-state index in [9.17, 15) is 4.79 Å². The lowest BCUT2D eigenvalue weighted by Crippen LogP contribution is -2.30. The van der Waals surface area contributed by atoms with E-state index in [-0.39, 0.29) is 11.6 Å². The van der Waals surface area contributed by atoms with Crippen molar-refractivity contribution in [2.75, 3.05) is 6.66 Å². The number of benzene rings is 3. The lowest BCUT2D eigenvalue weighted by molar-refractivity contribution is -0.151. The Kier molecular flexibility index (Phi) is 7.54. The highest BCUT2D eigenvalue weighted by molar-refractivity contribution is 7.95. The Morgan fingerprint density at radius 3 is 1.14 bits per heavy atom. The average molecular weight is 393 g/mol. The largest absolute Gasteiger partial charge is 0.460 e. The molecule has 0 fully saturated rings. The van der Waals surface area contributed by atoms with Crippen LogP contribution in [0.5, 0.6) is 0 Å². The Morgan fingerprint density at radius 1 is 0.679 bits per heavy atom. The molecule has 146 valence electrons. The van der Waals surface area contributed by atoms with E-state index in [2.05, 4.69) is 97.7 Å². The zero-order valence-electron chi connectivity index (χ0n) is 17.4. The number of esters is 1. The number of carbonyl (C=O) groups is 1. The van der Waals surface area contributed by atoms with Crippen LogP contribution in [0.2, 0.25) is 0 Å². The number of rotatable bonds is 3. The van der Waals surface area contributed by atoms with Crippen molar-refractivity contribution < 1.29 is 9.53 Å². The van der Waals surface area contributed by atoms with Gasteiger partial charge in [0.2, 0.25) is 0 Å². The molecule has 0 aromatic heterocycles. The highest BCUT2D eigenvalue weighted by Gasteiger charge is 2.39. The molecule has 28 heavy (non-hydrogen) atoms. The van der Waals surface area contributed by atoms with E-state index in [0.29, 0.717) is 0 Å². The van der Waals surface area contributed by atoms with Gasteiger partial charge in [-0.05, 0) is 57.2 Å². The molecule has 0 spiro atoms. The van der Waals surface area contributed by atoms with Gasteiger partial charge in [0.05, 0.1) is 6.66 Å². The van der Waals surface area contributed by atoms with Gasteiger partial charge in [0, 0.05) is 6.92 Å². The first-order valence-electron chi connectivity index (χ1n) is 9.46. The van der Waals surface area contributed by atoms with Gasteiger partial charge in [0.1, 0.15) is 28.8 Å². The second-order valence-electron chi connectivity index (χ2n) is 7.72. The summed E-state index contributed by atoms with van der Waals surface area (Å²) >= 11 is 0. The molecule has 0 N–H and O–H groups in total. The van der Waals surface area contributed by atoms with E-state index >= 15 is 0 Å². The van der Waals surface area contributed by atoms with E-state index < -0.39 is 7.26 Å². The Hall–Kier alpha value is -2.44. The Bertz CT molecular complexity index is 757. The van der Waals surface area contributed by atoms with Crippen molar-refractivity contribution in [1.29, 1.82) is 0 Å². The second-order valence-corrected chi connectivity index (χ2v) is 11.3. The minimum absolute atomic E-state index is 0.225. The minimum Gasteiger partial charge on any atom is -0.460 e. The molecule has 0 saturated heterocycles. The predicted octanol–water partition coefficient (Wildman–Crippen LogP) is 4.96. The molecule has 0 heterocycles. The van der Waals surface area contributed by atoms with Crippen LogP contribution in [0.25, 0.3) is 0 Å². The van der Waals surface area contributed by atoms with Crippen molar-refractivity contribution in [3.8, 4) is 0 Å². The molecule has 3 aromatic carbocycles. The van der Waals surface area contributed by atoms with Gasteiger partial charge in [0.15, 0.2) is 0 Å². The molecule has 0 atom stereocenters. The Balaban J connectivity index is 0.000000300. The SMILES string of the molecule is CC(=O)OC(C)(C)C.C[P+](c1ccccc1)(c1ccccc1)c1ccccc1. The predicted molar refractivity (Wildman–Crippen MR) is 123 cm³/mol. The summed E-state index contributed by atoms with van der Waals surface area (Å²) in [6.07, 6.45) is 0. The molecule has 0 bridgehead atoms. The summed E-state index contributed by atoms with van der Waals surface area (Å²) in [5.41, 5.74) is -0.328. The lowest BCUT2D eigenvalue weighted by Gasteiger charge is -2.22. The van der Waals surface area contributed by atoms with Crippen LogP contribution in [0.15, 0.2) is 91.0 Å². The molecule has 3 aromatic rings. The van der Waals surface area contributed by atoms with E-state index in [1.807, 2.05) is 20.8 Å². The maximum atomic E-state index is 10.2. The second kappa shape index (κ2) is 9.66. The lowest BCUT2D eigenvalue weighted by atomic mass is 10.2. The monoisotopic (exact) mass is 393 g/mol. The molecular formula is C25H30O2P+. The normalized spacial score (nSPS) is 11.2. The molecule has 0 saturated carbocycles. The summed E-state index contributed by atoms with van der Waals surface area (Å²) < 4.78 is 4.80. The van der Waals surface area contributed by atoms with Crippen LogP contribution in [0.4, 0.5) is 0 Å². The first-order chi connectivity index (χ1) is 13.2. The standard InChI is InChI=1S/C19H18P.C6H12O2/c1-20(17-11-5-2-6-12-17,18-13-7-3-8-14-18)19-15-9-4-10-16-19;1-5(7)8-6(2,3)4/h2-16H,1H3;1-4H3/q+1;. The highest BCUT2D eigenvalue weighted by atomic mass is 31.2. The van der Waals surface area contributed by atoms with Crippen molar-refractivity contribution in [2.45, 2.75) is 33.3 Å². The zero-order valence-corrected chi connectivity index (χ0v) is 18.3. The van der Waals surface area contributed by atoms with Gasteiger partial charge in [-0.2, -0.15) is 0 Å². The fourth-order valence-corrected chi connectivity index (χ4v) is 6.26. The molecule has 2 nitrogen and oxygen atoms in total. The number of carbonyl (C=O) groups excluding carboxylic acids is 1. The molecule has 0 aliphatic rings. The van der Waals surface area contributed by atoms with Crippen LogP contribution in [0.3, 0.4) is 0 Å². The molecule has 3 rings (SSSR count). The van der Waals surface area contributed by atoms with Crippen molar-refractivity contribution in [3.05, 3.63) is 91.0 Å². The molecule has 3 heteroatoms. The zero-order chi connectivity index (χ0) is 20.6. The van der Waals surface area contributed by atoms with E-state index in [0.717, 1.165) is 0 Å². The van der Waals surface area contributed by atoms with Gasteiger partial charge in [-0.15, -0.1) is 0 Å². The number of hydrogen-bond donors (Lipinski definition) is 0. The summed E-state index contributed by atoms with van der Waals surface area (Å²) in [6.45, 7) is 9.34. The molecule has 0 aliphatic heterocycles. The van der Waals surface area contributed by atoms with Crippen LogP contribution < -0.4 is 15.9 Å². The van der Waals surface area contributed by atoms with Crippen LogP contribution in [-0.4, -0.2) is 18.2 Å². The van der Waals surface area contributed by atoms with Gasteiger partial charge in [0.25, 0.3) is 0 Å². The smallest absolute Gasteiger partial charge is 0.303 e. The van der Waals surface area contributed by atoms with E-state index in [4.69, 9.17) is 4.74 Å². The van der Waals surface area contributed by atoms with Crippen molar-refractivity contribution in [2.24, 2.45) is 0 Å². The van der Waals surface area contributed by atoms with Crippen molar-refractivity contribution >= 4 is 29.1 Å². The third-order valence-corrected chi connectivity index (χ3v) is 8.26. The number of ether oxygens (including phenoxy) is 1. The maximum Gasteiger partial charge on any atom is 0.303 e. The third-order valence-electron chi connectivity index (χ3n) is 4.27. The first kappa shape index (κ1) is 21.9. The summed E-state index contributed by atoms with van der Waals surface area (Å²) in [6, 6.07) is 32.6. The van der Waals surface area contributed by atoms with E-state index in [1.54, 1.807) is 0 Å². The first-order valence-corrected chi connectivity index (χ1v) is 11.7. The van der Waals surface area contributed by atoms with Crippen LogP contribution in [0, 0.1) is 0 Å². The summed E-state index contributed by atoms with van der Waals surface area (Å²) in [5, 5.41) is 4.28. The molecule has 0 amide bonds. The van der Waals surface area contributed by atoms with E-state index in [1.165, 1.54) is 22.8 Å². The average Bonchev–Trinajstić information content (AvgIpc) is 2.68. The fourth-order valence-electron chi connectivity index (χ4n) is 3.06. The third kappa shape index (κ3) is 6.04. The van der Waals surface area contributed by atoms with Crippen LogP contribution in [0.1, 0.15) is 27.7 Å². The Labute approximate surface area is 169 Å². The van der Waals surface area contributed by atoms with Crippen molar-refractivity contribution in [3.63, 3.8) is 0 Å². The van der Waals surface area contributed by atoms with Gasteiger partial charge in [-0.1, -0.05) is 54.6 Å². The van der Waals surface area contributed by atoms with Gasteiger partial charge >= 0.3 is 5.97 Å². The quantitative estimate of drug-likeness (QED) is 0.464. The maximum absolute atomic E-state index is 10.2. The summed E-state index contributed by atoms with van der Waals surface area (Å²) in [5.74, 6) is -0.225. The van der Waals surface area contributed by atoms with Crippen LogP contribution in [-0.2, 0) is 9.53 Å². The fraction of sp³-hybridized carbons (Fsp3) is 0.240. The summed E-state index contributed by atoms with van der Waals surface area (Å²) in [7, 11) is -1.53. The topological polar surface area (TPSA) is 26.3 Å². The van der Waals surface area contributed by atoms with Gasteiger partial charge < -0.3 is 4.74 Å². The minimum atomic E-state index is -1.53. The molecular weight excluding hydrogens is 363 g/mol. The Morgan fingerprint density at radius 2 is 0.964 bits per heavy atom. The highest BCUT2D eigenvalue weighted by Crippen LogP contribution is 2.51. The van der Waals surface area contributed by atoms with Crippen molar-refractivity contribution in [1.82, 2.24) is 0 Å². The molecule has 0 unspecified atom stereocenters. The molecule has 0 aliphatic carbocycles.